The third-order valence-electron chi connectivity index (χ3n) is 5.85. The van der Waals surface area contributed by atoms with E-state index in [0.29, 0.717) is 13.0 Å². The van der Waals surface area contributed by atoms with Crippen LogP contribution < -0.4 is 9.80 Å². The fraction of sp³-hybridized carbons (Fsp3) is 0.500. The Labute approximate surface area is 172 Å². The topological polar surface area (TPSA) is 72.8 Å². The maximum absolute atomic E-state index is 12.2. The molecule has 1 saturated heterocycles. The van der Waals surface area contributed by atoms with E-state index in [9.17, 15) is 9.90 Å². The summed E-state index contributed by atoms with van der Waals surface area (Å²) in [5, 5.41) is 10.8. The van der Waals surface area contributed by atoms with Gasteiger partial charge in [-0.3, -0.25) is 9.69 Å². The highest BCUT2D eigenvalue weighted by Crippen LogP contribution is 2.30. The Bertz CT molecular complexity index is 836. The third kappa shape index (κ3) is 4.41. The molecule has 29 heavy (non-hydrogen) atoms. The van der Waals surface area contributed by atoms with Gasteiger partial charge in [-0.15, -0.1) is 0 Å². The van der Waals surface area contributed by atoms with E-state index < -0.39 is 6.10 Å². The first-order chi connectivity index (χ1) is 14.2. The molecule has 7 heteroatoms. The van der Waals surface area contributed by atoms with Crippen molar-refractivity contribution in [3.8, 4) is 0 Å². The van der Waals surface area contributed by atoms with E-state index in [2.05, 4.69) is 25.8 Å². The number of β-amino-alcohol motifs (C(OH)–C–C–N with tert-alkyl or cyclic N) is 1. The summed E-state index contributed by atoms with van der Waals surface area (Å²) in [6.45, 7) is 6.76. The molecule has 0 radical (unpaired) electrons. The standard InChI is InChI=1S/C22H29N5O2/c1-2-21(29)27-10-3-5-17-15-18(6-7-19(17)27)20(28)16-25-11-13-26(14-12-25)22-23-8-4-9-24-22/h4,6-9,15,20,28H,2-3,5,10-14,16H2,1H3/t20-/m0/s1. The zero-order valence-electron chi connectivity index (χ0n) is 17.0. The zero-order valence-corrected chi connectivity index (χ0v) is 17.0. The average Bonchev–Trinajstić information content (AvgIpc) is 2.78. The highest BCUT2D eigenvalue weighted by Gasteiger charge is 2.24. The van der Waals surface area contributed by atoms with Crippen LogP contribution in [0.5, 0.6) is 0 Å². The van der Waals surface area contributed by atoms with Crippen LogP contribution in [0.4, 0.5) is 11.6 Å². The second-order valence-corrected chi connectivity index (χ2v) is 7.74. The van der Waals surface area contributed by atoms with Crippen LogP contribution in [0.2, 0.25) is 0 Å². The number of aryl methyl sites for hydroxylation is 1. The van der Waals surface area contributed by atoms with Gasteiger partial charge in [-0.05, 0) is 36.1 Å². The number of piperazine rings is 1. The number of aliphatic hydroxyl groups excluding tert-OH is 1. The van der Waals surface area contributed by atoms with Gasteiger partial charge < -0.3 is 14.9 Å². The molecule has 0 saturated carbocycles. The lowest BCUT2D eigenvalue weighted by atomic mass is 9.96. The summed E-state index contributed by atoms with van der Waals surface area (Å²) in [6.07, 6.45) is 5.45. The van der Waals surface area contributed by atoms with Crippen LogP contribution in [0.3, 0.4) is 0 Å². The van der Waals surface area contributed by atoms with Crippen molar-refractivity contribution in [3.05, 3.63) is 47.8 Å². The van der Waals surface area contributed by atoms with Gasteiger partial charge in [-0.1, -0.05) is 19.1 Å². The normalized spacial score (nSPS) is 18.4. The fourth-order valence-electron chi connectivity index (χ4n) is 4.21. The van der Waals surface area contributed by atoms with Crippen molar-refractivity contribution in [1.29, 1.82) is 0 Å². The third-order valence-corrected chi connectivity index (χ3v) is 5.85. The second kappa shape index (κ2) is 8.88. The number of nitrogens with zero attached hydrogens (tertiary/aromatic N) is 5. The van der Waals surface area contributed by atoms with Crippen LogP contribution in [-0.2, 0) is 11.2 Å². The number of carbonyl (C=O) groups is 1. The summed E-state index contributed by atoms with van der Waals surface area (Å²) in [5.74, 6) is 0.938. The first-order valence-corrected chi connectivity index (χ1v) is 10.5. The number of benzene rings is 1. The Balaban J connectivity index is 1.37. The number of hydrogen-bond acceptors (Lipinski definition) is 6. The van der Waals surface area contributed by atoms with Crippen LogP contribution >= 0.6 is 0 Å². The molecule has 7 nitrogen and oxygen atoms in total. The largest absolute Gasteiger partial charge is 0.387 e. The first kappa shape index (κ1) is 19.8. The zero-order chi connectivity index (χ0) is 20.2. The number of anilines is 2. The molecule has 1 aromatic carbocycles. The number of amides is 1. The molecule has 1 amide bonds. The molecule has 1 aromatic heterocycles. The molecule has 1 N–H and O–H groups in total. The Hall–Kier alpha value is -2.51. The number of aromatic nitrogens is 2. The minimum absolute atomic E-state index is 0.166. The maximum atomic E-state index is 12.2. The van der Waals surface area contributed by atoms with Gasteiger partial charge in [0.05, 0.1) is 6.10 Å². The van der Waals surface area contributed by atoms with Crippen molar-refractivity contribution in [2.24, 2.45) is 0 Å². The summed E-state index contributed by atoms with van der Waals surface area (Å²) in [6, 6.07) is 7.89. The summed E-state index contributed by atoms with van der Waals surface area (Å²) in [4.78, 5) is 27.2. The quantitative estimate of drug-likeness (QED) is 0.835. The summed E-state index contributed by atoms with van der Waals surface area (Å²) < 4.78 is 0. The molecule has 2 aliphatic rings. The number of aliphatic hydroxyl groups is 1. The summed E-state index contributed by atoms with van der Waals surface area (Å²) in [5.41, 5.74) is 3.11. The summed E-state index contributed by atoms with van der Waals surface area (Å²) >= 11 is 0. The van der Waals surface area contributed by atoms with Crippen molar-refractivity contribution in [1.82, 2.24) is 14.9 Å². The molecule has 154 valence electrons. The molecule has 0 unspecified atom stereocenters. The van der Waals surface area contributed by atoms with Crippen LogP contribution in [0.1, 0.15) is 37.0 Å². The molecule has 4 rings (SSSR count). The maximum Gasteiger partial charge on any atom is 0.226 e. The molecule has 1 atom stereocenters. The van der Waals surface area contributed by atoms with E-state index in [1.807, 2.05) is 30.0 Å². The molecule has 2 aliphatic heterocycles. The van der Waals surface area contributed by atoms with Gasteiger partial charge in [0.25, 0.3) is 0 Å². The molecule has 0 bridgehead atoms. The highest BCUT2D eigenvalue weighted by molar-refractivity contribution is 5.94. The van der Waals surface area contributed by atoms with E-state index in [4.69, 9.17) is 0 Å². The van der Waals surface area contributed by atoms with Crippen LogP contribution in [0.15, 0.2) is 36.7 Å². The van der Waals surface area contributed by atoms with Gasteiger partial charge >= 0.3 is 0 Å². The monoisotopic (exact) mass is 395 g/mol. The van der Waals surface area contributed by atoms with Crippen molar-refractivity contribution < 1.29 is 9.90 Å². The van der Waals surface area contributed by atoms with Crippen LogP contribution in [0, 0.1) is 0 Å². The molecule has 2 aromatic rings. The van der Waals surface area contributed by atoms with Gasteiger partial charge in [0, 0.05) is 63.8 Å². The van der Waals surface area contributed by atoms with Crippen molar-refractivity contribution in [2.75, 3.05) is 49.1 Å². The lowest BCUT2D eigenvalue weighted by Gasteiger charge is -2.35. The Morgan fingerprint density at radius 2 is 1.90 bits per heavy atom. The predicted octanol–water partition coefficient (Wildman–Crippen LogP) is 2.02. The van der Waals surface area contributed by atoms with E-state index in [0.717, 1.165) is 62.8 Å². The lowest BCUT2D eigenvalue weighted by molar-refractivity contribution is -0.118. The minimum atomic E-state index is -0.530. The molecule has 0 aliphatic carbocycles. The van der Waals surface area contributed by atoms with Gasteiger partial charge in [-0.2, -0.15) is 0 Å². The van der Waals surface area contributed by atoms with E-state index in [-0.39, 0.29) is 5.91 Å². The number of hydrogen-bond donors (Lipinski definition) is 1. The number of rotatable bonds is 5. The van der Waals surface area contributed by atoms with Crippen molar-refractivity contribution in [2.45, 2.75) is 32.3 Å². The minimum Gasteiger partial charge on any atom is -0.387 e. The average molecular weight is 396 g/mol. The van der Waals surface area contributed by atoms with E-state index in [1.54, 1.807) is 12.4 Å². The van der Waals surface area contributed by atoms with Crippen LogP contribution in [-0.4, -0.2) is 65.2 Å². The lowest BCUT2D eigenvalue weighted by Crippen LogP contribution is -2.48. The smallest absolute Gasteiger partial charge is 0.226 e. The molecule has 0 spiro atoms. The number of fused-ring (bicyclic) bond motifs is 1. The van der Waals surface area contributed by atoms with Gasteiger partial charge in [0.1, 0.15) is 0 Å². The van der Waals surface area contributed by atoms with E-state index >= 15 is 0 Å². The first-order valence-electron chi connectivity index (χ1n) is 10.5. The molecule has 3 heterocycles. The molecular formula is C22H29N5O2. The van der Waals surface area contributed by atoms with Gasteiger partial charge in [0.2, 0.25) is 11.9 Å². The summed E-state index contributed by atoms with van der Waals surface area (Å²) in [7, 11) is 0. The Morgan fingerprint density at radius 3 is 2.62 bits per heavy atom. The predicted molar refractivity (Wildman–Crippen MR) is 113 cm³/mol. The van der Waals surface area contributed by atoms with Gasteiger partial charge in [0.15, 0.2) is 0 Å². The van der Waals surface area contributed by atoms with Crippen molar-refractivity contribution in [3.63, 3.8) is 0 Å². The molecule has 1 fully saturated rings. The Morgan fingerprint density at radius 1 is 1.14 bits per heavy atom. The molecular weight excluding hydrogens is 366 g/mol. The second-order valence-electron chi connectivity index (χ2n) is 7.74. The highest BCUT2D eigenvalue weighted by atomic mass is 16.3. The number of carbonyl (C=O) groups excluding carboxylic acids is 1. The van der Waals surface area contributed by atoms with Gasteiger partial charge in [-0.25, -0.2) is 9.97 Å². The fourth-order valence-corrected chi connectivity index (χ4v) is 4.21. The van der Waals surface area contributed by atoms with Crippen LogP contribution in [0.25, 0.3) is 0 Å². The van der Waals surface area contributed by atoms with Crippen molar-refractivity contribution >= 4 is 17.5 Å². The SMILES string of the molecule is CCC(=O)N1CCCc2cc([C@@H](O)CN3CCN(c4ncccn4)CC3)ccc21. The van der Waals surface area contributed by atoms with E-state index in [1.165, 1.54) is 5.56 Å². The Kier molecular flexibility index (Phi) is 6.06.